The minimum absolute atomic E-state index is 0.226. The molecule has 0 fully saturated rings. The molecule has 0 unspecified atom stereocenters. The highest BCUT2D eigenvalue weighted by Gasteiger charge is 2.20. The molecule has 0 saturated heterocycles. The molecule has 0 aromatic carbocycles. The molecule has 3 rings (SSSR count). The molecule has 3 heterocycles. The predicted octanol–water partition coefficient (Wildman–Crippen LogP) is 3.81. The highest BCUT2D eigenvalue weighted by Crippen LogP contribution is 2.25. The van der Waals surface area contributed by atoms with Crippen LogP contribution in [-0.4, -0.2) is 23.8 Å². The van der Waals surface area contributed by atoms with Gasteiger partial charge in [-0.2, -0.15) is 0 Å². The number of rotatable bonds is 3. The molecule has 94 valence electrons. The fourth-order valence-electron chi connectivity index (χ4n) is 2.19. The minimum atomic E-state index is 0.226. The normalized spacial score (nSPS) is 15.6. The van der Waals surface area contributed by atoms with E-state index >= 15 is 0 Å². The molecule has 0 amide bonds. The maximum Gasteiger partial charge on any atom is 0.186 e. The first kappa shape index (κ1) is 12.5. The molecule has 0 saturated carbocycles. The van der Waals surface area contributed by atoms with Gasteiger partial charge >= 0.3 is 0 Å². The van der Waals surface area contributed by atoms with Crippen LogP contribution in [0, 0.1) is 0 Å². The van der Waals surface area contributed by atoms with E-state index in [1.807, 2.05) is 23.5 Å². The summed E-state index contributed by atoms with van der Waals surface area (Å²) in [6, 6.07) is 6.01. The summed E-state index contributed by atoms with van der Waals surface area (Å²) < 4.78 is 1.02. The number of thiophene rings is 2. The number of carbonyl (C=O) groups is 1. The van der Waals surface area contributed by atoms with Crippen molar-refractivity contribution in [1.82, 2.24) is 4.90 Å². The molecular weight excluding hydrogens is 330 g/mol. The van der Waals surface area contributed by atoms with E-state index < -0.39 is 0 Å². The monoisotopic (exact) mass is 341 g/mol. The number of carbonyl (C=O) groups excluding carboxylic acids is 1. The summed E-state index contributed by atoms with van der Waals surface area (Å²) in [5.74, 6) is 0.226. The lowest BCUT2D eigenvalue weighted by Gasteiger charge is -2.25. The quantitative estimate of drug-likeness (QED) is 0.791. The molecule has 0 spiro atoms. The van der Waals surface area contributed by atoms with Gasteiger partial charge in [0.05, 0.1) is 15.2 Å². The van der Waals surface area contributed by atoms with Gasteiger partial charge in [0.15, 0.2) is 5.78 Å². The van der Waals surface area contributed by atoms with Crippen LogP contribution in [-0.2, 0) is 13.0 Å². The van der Waals surface area contributed by atoms with Crippen LogP contribution in [0.4, 0.5) is 0 Å². The van der Waals surface area contributed by atoms with Crippen molar-refractivity contribution in [3.63, 3.8) is 0 Å². The predicted molar refractivity (Wildman–Crippen MR) is 79.6 cm³/mol. The van der Waals surface area contributed by atoms with Gasteiger partial charge in [0.2, 0.25) is 0 Å². The van der Waals surface area contributed by atoms with Crippen molar-refractivity contribution in [2.75, 3.05) is 13.1 Å². The van der Waals surface area contributed by atoms with Gasteiger partial charge in [0.25, 0.3) is 0 Å². The Hall–Kier alpha value is -0.490. The number of halogens is 1. The van der Waals surface area contributed by atoms with E-state index in [1.165, 1.54) is 21.8 Å². The van der Waals surface area contributed by atoms with Crippen molar-refractivity contribution in [2.24, 2.45) is 0 Å². The Bertz CT molecular complexity index is 575. The average molecular weight is 342 g/mol. The molecular formula is C13H12BrNOS2. The second kappa shape index (κ2) is 5.25. The molecule has 0 radical (unpaired) electrons. The average Bonchev–Trinajstić information content (AvgIpc) is 2.96. The number of fused-ring (bicyclic) bond motifs is 1. The molecule has 0 aliphatic carbocycles. The van der Waals surface area contributed by atoms with Crippen molar-refractivity contribution in [3.05, 3.63) is 42.7 Å². The smallest absolute Gasteiger partial charge is 0.186 e. The van der Waals surface area contributed by atoms with Gasteiger partial charge in [0.1, 0.15) is 0 Å². The third-order valence-electron chi connectivity index (χ3n) is 3.10. The number of nitrogens with zero attached hydrogens (tertiary/aromatic N) is 1. The van der Waals surface area contributed by atoms with Crippen LogP contribution in [0.2, 0.25) is 0 Å². The zero-order valence-corrected chi connectivity index (χ0v) is 12.9. The van der Waals surface area contributed by atoms with Crippen LogP contribution in [0.15, 0.2) is 27.4 Å². The van der Waals surface area contributed by atoms with Crippen molar-refractivity contribution >= 4 is 44.4 Å². The van der Waals surface area contributed by atoms with E-state index in [1.54, 1.807) is 0 Å². The van der Waals surface area contributed by atoms with Crippen LogP contribution in [0.3, 0.4) is 0 Å². The van der Waals surface area contributed by atoms with Gasteiger partial charge in [-0.05, 0) is 51.5 Å². The van der Waals surface area contributed by atoms with Gasteiger partial charge in [-0.15, -0.1) is 22.7 Å². The fraction of sp³-hybridized carbons (Fsp3) is 0.308. The Kier molecular flexibility index (Phi) is 3.66. The standard InChI is InChI=1S/C13H12BrNOS2/c14-13-2-1-12(18-13)10(16)8-15-5-3-11-9(7-15)4-6-17-11/h1-2,4,6H,3,5,7-8H2. The topological polar surface area (TPSA) is 20.3 Å². The summed E-state index contributed by atoms with van der Waals surface area (Å²) in [5.41, 5.74) is 1.39. The number of Topliss-reactive ketones (excluding diaryl/α,β-unsaturated/α-hetero) is 1. The Morgan fingerprint density at radius 3 is 3.06 bits per heavy atom. The summed E-state index contributed by atoms with van der Waals surface area (Å²) in [6.45, 7) is 2.44. The minimum Gasteiger partial charge on any atom is -0.292 e. The fourth-order valence-corrected chi connectivity index (χ4v) is 4.39. The molecule has 1 aliphatic heterocycles. The van der Waals surface area contributed by atoms with Crippen molar-refractivity contribution in [1.29, 1.82) is 0 Å². The lowest BCUT2D eigenvalue weighted by molar-refractivity contribution is 0.0926. The number of hydrogen-bond donors (Lipinski definition) is 0. The maximum absolute atomic E-state index is 12.1. The molecule has 18 heavy (non-hydrogen) atoms. The molecule has 2 aromatic heterocycles. The van der Waals surface area contributed by atoms with E-state index in [2.05, 4.69) is 32.3 Å². The molecule has 2 aromatic rings. The molecule has 0 atom stereocenters. The lowest BCUT2D eigenvalue weighted by atomic mass is 10.1. The van der Waals surface area contributed by atoms with Crippen LogP contribution < -0.4 is 0 Å². The molecule has 2 nitrogen and oxygen atoms in total. The zero-order valence-electron chi connectivity index (χ0n) is 9.69. The van der Waals surface area contributed by atoms with Crippen LogP contribution in [0.25, 0.3) is 0 Å². The van der Waals surface area contributed by atoms with Crippen molar-refractivity contribution in [3.8, 4) is 0 Å². The molecule has 1 aliphatic rings. The first-order chi connectivity index (χ1) is 8.72. The highest BCUT2D eigenvalue weighted by atomic mass is 79.9. The highest BCUT2D eigenvalue weighted by molar-refractivity contribution is 9.11. The van der Waals surface area contributed by atoms with Gasteiger partial charge in [-0.25, -0.2) is 0 Å². The second-order valence-electron chi connectivity index (χ2n) is 4.36. The Labute approximate surface area is 122 Å². The second-order valence-corrected chi connectivity index (χ2v) is 7.82. The van der Waals surface area contributed by atoms with E-state index in [9.17, 15) is 4.79 Å². The molecule has 0 bridgehead atoms. The van der Waals surface area contributed by atoms with E-state index in [-0.39, 0.29) is 5.78 Å². The van der Waals surface area contributed by atoms with Crippen LogP contribution in [0.5, 0.6) is 0 Å². The molecule has 0 N–H and O–H groups in total. The Morgan fingerprint density at radius 2 is 2.28 bits per heavy atom. The van der Waals surface area contributed by atoms with Gasteiger partial charge in [-0.3, -0.25) is 9.69 Å². The first-order valence-corrected chi connectivity index (χ1v) is 8.27. The number of hydrogen-bond acceptors (Lipinski definition) is 4. The summed E-state index contributed by atoms with van der Waals surface area (Å²) in [5, 5.41) is 2.15. The number of ketones is 1. The van der Waals surface area contributed by atoms with Crippen LogP contribution >= 0.6 is 38.6 Å². The molecule has 5 heteroatoms. The third kappa shape index (κ3) is 2.59. The summed E-state index contributed by atoms with van der Waals surface area (Å²) in [7, 11) is 0. The maximum atomic E-state index is 12.1. The largest absolute Gasteiger partial charge is 0.292 e. The van der Waals surface area contributed by atoms with Crippen molar-refractivity contribution < 1.29 is 4.79 Å². The van der Waals surface area contributed by atoms with E-state index in [0.717, 1.165) is 28.2 Å². The Morgan fingerprint density at radius 1 is 1.39 bits per heavy atom. The van der Waals surface area contributed by atoms with Crippen LogP contribution in [0.1, 0.15) is 20.1 Å². The summed E-state index contributed by atoms with van der Waals surface area (Å²) in [6.07, 6.45) is 1.08. The Balaban J connectivity index is 1.66. The van der Waals surface area contributed by atoms with E-state index in [4.69, 9.17) is 0 Å². The summed E-state index contributed by atoms with van der Waals surface area (Å²) >= 11 is 6.74. The lowest BCUT2D eigenvalue weighted by Crippen LogP contribution is -2.34. The van der Waals surface area contributed by atoms with E-state index in [0.29, 0.717) is 6.54 Å². The van der Waals surface area contributed by atoms with Gasteiger partial charge in [0, 0.05) is 18.0 Å². The SMILES string of the molecule is O=C(CN1CCc2sccc2C1)c1ccc(Br)s1. The summed E-state index contributed by atoms with van der Waals surface area (Å²) in [4.78, 5) is 16.7. The van der Waals surface area contributed by atoms with Gasteiger partial charge in [-0.1, -0.05) is 0 Å². The zero-order chi connectivity index (χ0) is 12.5. The van der Waals surface area contributed by atoms with Crippen molar-refractivity contribution in [2.45, 2.75) is 13.0 Å². The van der Waals surface area contributed by atoms with Gasteiger partial charge < -0.3 is 0 Å². The third-order valence-corrected chi connectivity index (χ3v) is 5.79. The first-order valence-electron chi connectivity index (χ1n) is 5.78.